The SMILES string of the molecule is COC(=O)c1c(-c2cccc(CCN3CCC(C(F)(F)F)CC3)c2)nn(-c2ccccc2)c1C(=O)OC. The molecule has 0 N–H and O–H groups in total. The summed E-state index contributed by atoms with van der Waals surface area (Å²) in [6.45, 7) is 1.42. The van der Waals surface area contributed by atoms with Gasteiger partial charge >= 0.3 is 18.1 Å². The number of hydrogen-bond acceptors (Lipinski definition) is 6. The summed E-state index contributed by atoms with van der Waals surface area (Å²) in [6.07, 6.45) is -3.30. The van der Waals surface area contributed by atoms with Crippen LogP contribution < -0.4 is 0 Å². The van der Waals surface area contributed by atoms with Gasteiger partial charge in [0.2, 0.25) is 0 Å². The van der Waals surface area contributed by atoms with E-state index in [2.05, 4.69) is 5.10 Å². The van der Waals surface area contributed by atoms with Gasteiger partial charge in [0.1, 0.15) is 11.3 Å². The summed E-state index contributed by atoms with van der Waals surface area (Å²) in [7, 11) is 2.45. The van der Waals surface area contributed by atoms with Crippen LogP contribution in [0.5, 0.6) is 0 Å². The van der Waals surface area contributed by atoms with Gasteiger partial charge in [-0.05, 0) is 56.1 Å². The normalized spacial score (nSPS) is 14.9. The van der Waals surface area contributed by atoms with Crippen LogP contribution in [0.15, 0.2) is 54.6 Å². The van der Waals surface area contributed by atoms with Gasteiger partial charge in [0.15, 0.2) is 5.69 Å². The molecule has 7 nitrogen and oxygen atoms in total. The number of carbonyl (C=O) groups is 2. The first-order chi connectivity index (χ1) is 17.7. The molecule has 1 aliphatic heterocycles. The van der Waals surface area contributed by atoms with E-state index >= 15 is 0 Å². The number of hydrogen-bond donors (Lipinski definition) is 0. The first kappa shape index (κ1) is 26.4. The number of alkyl halides is 3. The predicted octanol–water partition coefficient (Wildman–Crippen LogP) is 4.93. The number of esters is 2. The minimum atomic E-state index is -4.13. The van der Waals surface area contributed by atoms with Crippen LogP contribution in [0.3, 0.4) is 0 Å². The minimum Gasteiger partial charge on any atom is -0.465 e. The molecular weight excluding hydrogens is 487 g/mol. The topological polar surface area (TPSA) is 73.7 Å². The third-order valence-corrected chi connectivity index (χ3v) is 6.62. The van der Waals surface area contributed by atoms with E-state index in [4.69, 9.17) is 9.47 Å². The number of carbonyl (C=O) groups excluding carboxylic acids is 2. The smallest absolute Gasteiger partial charge is 0.391 e. The number of nitrogens with zero attached hydrogens (tertiary/aromatic N) is 3. The van der Waals surface area contributed by atoms with E-state index in [-0.39, 0.29) is 29.8 Å². The van der Waals surface area contributed by atoms with Gasteiger partial charge < -0.3 is 14.4 Å². The number of para-hydroxylation sites is 1. The largest absolute Gasteiger partial charge is 0.465 e. The second-order valence-electron chi connectivity index (χ2n) is 8.91. The van der Waals surface area contributed by atoms with Crippen LogP contribution in [0, 0.1) is 5.92 Å². The van der Waals surface area contributed by atoms with Crippen LogP contribution >= 0.6 is 0 Å². The van der Waals surface area contributed by atoms with Crippen LogP contribution in [-0.2, 0) is 15.9 Å². The molecular formula is C27H28F3N3O4. The van der Waals surface area contributed by atoms with E-state index in [1.807, 2.05) is 29.2 Å². The Bertz CT molecular complexity index is 1250. The molecule has 3 aromatic rings. The molecule has 37 heavy (non-hydrogen) atoms. The molecule has 1 aromatic heterocycles. The van der Waals surface area contributed by atoms with Crippen molar-refractivity contribution >= 4 is 11.9 Å². The summed E-state index contributed by atoms with van der Waals surface area (Å²) in [5, 5.41) is 4.61. The van der Waals surface area contributed by atoms with Crippen molar-refractivity contribution in [3.8, 4) is 16.9 Å². The zero-order chi connectivity index (χ0) is 26.6. The Hall–Kier alpha value is -3.66. The molecule has 1 aliphatic rings. The quantitative estimate of drug-likeness (QED) is 0.416. The Kier molecular flexibility index (Phi) is 7.97. The van der Waals surface area contributed by atoms with E-state index in [1.165, 1.54) is 18.9 Å². The molecule has 1 saturated heterocycles. The van der Waals surface area contributed by atoms with Gasteiger partial charge in [-0.15, -0.1) is 0 Å². The highest BCUT2D eigenvalue weighted by Crippen LogP contribution is 2.34. The summed E-state index contributed by atoms with van der Waals surface area (Å²) in [5.41, 5.74) is 2.31. The molecule has 4 rings (SSSR count). The lowest BCUT2D eigenvalue weighted by Crippen LogP contribution is -2.39. The van der Waals surface area contributed by atoms with E-state index in [0.29, 0.717) is 37.3 Å². The maximum atomic E-state index is 13.0. The molecule has 0 atom stereocenters. The highest BCUT2D eigenvalue weighted by molar-refractivity contribution is 6.06. The Balaban J connectivity index is 1.63. The average Bonchev–Trinajstić information content (AvgIpc) is 3.32. The number of piperidine rings is 1. The predicted molar refractivity (Wildman–Crippen MR) is 131 cm³/mol. The zero-order valence-corrected chi connectivity index (χ0v) is 20.6. The monoisotopic (exact) mass is 515 g/mol. The lowest BCUT2D eigenvalue weighted by atomic mass is 9.96. The number of likely N-dealkylation sites (tertiary alicyclic amines) is 1. The van der Waals surface area contributed by atoms with Crippen molar-refractivity contribution in [3.05, 3.63) is 71.4 Å². The third-order valence-electron chi connectivity index (χ3n) is 6.62. The van der Waals surface area contributed by atoms with E-state index in [0.717, 1.165) is 5.56 Å². The molecule has 0 bridgehead atoms. The van der Waals surface area contributed by atoms with Gasteiger partial charge in [0.05, 0.1) is 25.8 Å². The molecule has 1 fully saturated rings. The zero-order valence-electron chi connectivity index (χ0n) is 20.6. The van der Waals surface area contributed by atoms with Crippen molar-refractivity contribution in [1.82, 2.24) is 14.7 Å². The first-order valence-electron chi connectivity index (χ1n) is 12.0. The van der Waals surface area contributed by atoms with Crippen LogP contribution in [0.2, 0.25) is 0 Å². The van der Waals surface area contributed by atoms with Crippen molar-refractivity contribution in [1.29, 1.82) is 0 Å². The molecule has 0 amide bonds. The second-order valence-corrected chi connectivity index (χ2v) is 8.91. The van der Waals surface area contributed by atoms with Crippen molar-refractivity contribution in [2.75, 3.05) is 33.9 Å². The van der Waals surface area contributed by atoms with Gasteiger partial charge in [-0.3, -0.25) is 0 Å². The maximum Gasteiger partial charge on any atom is 0.391 e. The molecule has 0 spiro atoms. The summed E-state index contributed by atoms with van der Waals surface area (Å²) >= 11 is 0. The van der Waals surface area contributed by atoms with Crippen LogP contribution in [0.25, 0.3) is 16.9 Å². The maximum absolute atomic E-state index is 13.0. The molecule has 2 heterocycles. The fourth-order valence-corrected chi connectivity index (χ4v) is 4.60. The molecule has 2 aromatic carbocycles. The van der Waals surface area contributed by atoms with E-state index in [1.54, 1.807) is 30.3 Å². The van der Waals surface area contributed by atoms with Crippen LogP contribution in [-0.4, -0.2) is 66.6 Å². The summed E-state index contributed by atoms with van der Waals surface area (Å²) in [5.74, 6) is -2.69. The van der Waals surface area contributed by atoms with Crippen molar-refractivity contribution in [2.45, 2.75) is 25.4 Å². The number of ether oxygens (including phenoxy) is 2. The van der Waals surface area contributed by atoms with Gasteiger partial charge in [0, 0.05) is 12.1 Å². The third kappa shape index (κ3) is 5.85. The lowest BCUT2D eigenvalue weighted by Gasteiger charge is -2.32. The molecule has 0 radical (unpaired) electrons. The van der Waals surface area contributed by atoms with Gasteiger partial charge in [-0.25, -0.2) is 14.3 Å². The van der Waals surface area contributed by atoms with E-state index < -0.39 is 24.0 Å². The Morgan fingerprint density at radius 2 is 1.65 bits per heavy atom. The Labute approximate surface area is 212 Å². The standard InChI is InChI=1S/C27H28F3N3O4/c1-36-25(34)22-23(31-33(24(22)26(35)37-2)21-9-4-3-5-10-21)19-8-6-7-18(17-19)11-14-32-15-12-20(13-16-32)27(28,29)30/h3-10,17,20H,11-16H2,1-2H3. The minimum absolute atomic E-state index is 0.00965. The van der Waals surface area contributed by atoms with Gasteiger partial charge in [-0.2, -0.15) is 18.3 Å². The molecule has 0 saturated carbocycles. The highest BCUT2D eigenvalue weighted by atomic mass is 19.4. The van der Waals surface area contributed by atoms with Crippen molar-refractivity contribution in [3.63, 3.8) is 0 Å². The highest BCUT2D eigenvalue weighted by Gasteiger charge is 2.41. The summed E-state index contributed by atoms with van der Waals surface area (Å²) in [4.78, 5) is 27.6. The first-order valence-corrected chi connectivity index (χ1v) is 12.0. The van der Waals surface area contributed by atoms with E-state index in [9.17, 15) is 22.8 Å². The number of methoxy groups -OCH3 is 2. The number of rotatable bonds is 7. The molecule has 0 aliphatic carbocycles. The number of aromatic nitrogens is 2. The Morgan fingerprint density at radius 3 is 2.27 bits per heavy atom. The summed E-state index contributed by atoms with van der Waals surface area (Å²) in [6, 6.07) is 16.3. The van der Waals surface area contributed by atoms with Crippen LogP contribution in [0.4, 0.5) is 13.2 Å². The van der Waals surface area contributed by atoms with Crippen LogP contribution in [0.1, 0.15) is 39.3 Å². The Morgan fingerprint density at radius 1 is 0.973 bits per heavy atom. The fourth-order valence-electron chi connectivity index (χ4n) is 4.60. The fraction of sp³-hybridized carbons (Fsp3) is 0.370. The van der Waals surface area contributed by atoms with Gasteiger partial charge in [0.25, 0.3) is 0 Å². The van der Waals surface area contributed by atoms with Crippen molar-refractivity contribution in [2.24, 2.45) is 5.92 Å². The number of halogens is 3. The average molecular weight is 516 g/mol. The molecule has 10 heteroatoms. The second kappa shape index (κ2) is 11.2. The molecule has 196 valence electrons. The van der Waals surface area contributed by atoms with Gasteiger partial charge in [-0.1, -0.05) is 36.4 Å². The number of benzene rings is 2. The summed E-state index contributed by atoms with van der Waals surface area (Å²) < 4.78 is 50.2. The van der Waals surface area contributed by atoms with Crippen molar-refractivity contribution < 1.29 is 32.2 Å². The molecule has 0 unspecified atom stereocenters. The lowest BCUT2D eigenvalue weighted by molar-refractivity contribution is -0.185.